The Morgan fingerprint density at radius 2 is 2.07 bits per heavy atom. The largest absolute Gasteiger partial charge is 0.342 e. The highest BCUT2D eigenvalue weighted by atomic mass is 32.2. The SMILES string of the molecule is CC(C)SCCSc1n[nH]c(=O)[nH]c1=O. The number of nitrogens with zero attached hydrogens (tertiary/aromatic N) is 1. The summed E-state index contributed by atoms with van der Waals surface area (Å²) >= 11 is 3.18. The average molecular weight is 247 g/mol. The molecule has 0 aliphatic carbocycles. The van der Waals surface area contributed by atoms with Gasteiger partial charge in [-0.15, -0.1) is 0 Å². The molecule has 0 aromatic carbocycles. The fourth-order valence-electron chi connectivity index (χ4n) is 0.857. The molecule has 2 N–H and O–H groups in total. The van der Waals surface area contributed by atoms with E-state index in [2.05, 4.69) is 29.0 Å². The fraction of sp³-hybridized carbons (Fsp3) is 0.625. The Balaban J connectivity index is 2.45. The Hall–Kier alpha value is -0.690. The molecule has 1 heterocycles. The zero-order chi connectivity index (χ0) is 11.3. The van der Waals surface area contributed by atoms with E-state index in [1.807, 2.05) is 11.8 Å². The summed E-state index contributed by atoms with van der Waals surface area (Å²) in [6.45, 7) is 4.25. The van der Waals surface area contributed by atoms with Crippen LogP contribution >= 0.6 is 23.5 Å². The highest BCUT2D eigenvalue weighted by Gasteiger charge is 2.03. The Morgan fingerprint density at radius 3 is 2.67 bits per heavy atom. The van der Waals surface area contributed by atoms with E-state index in [4.69, 9.17) is 0 Å². The van der Waals surface area contributed by atoms with Crippen molar-refractivity contribution in [2.75, 3.05) is 11.5 Å². The quantitative estimate of drug-likeness (QED) is 0.591. The first-order chi connectivity index (χ1) is 7.09. The molecule has 84 valence electrons. The van der Waals surface area contributed by atoms with Gasteiger partial charge in [0.05, 0.1) is 0 Å². The first-order valence-corrected chi connectivity index (χ1v) is 6.56. The highest BCUT2D eigenvalue weighted by molar-refractivity contribution is 8.03. The lowest BCUT2D eigenvalue weighted by molar-refractivity contribution is 0.807. The normalized spacial score (nSPS) is 10.9. The van der Waals surface area contributed by atoms with Gasteiger partial charge in [-0.1, -0.05) is 25.6 Å². The van der Waals surface area contributed by atoms with E-state index >= 15 is 0 Å². The van der Waals surface area contributed by atoms with Crippen LogP contribution in [0.5, 0.6) is 0 Å². The minimum Gasteiger partial charge on any atom is -0.271 e. The Bertz CT molecular complexity index is 413. The summed E-state index contributed by atoms with van der Waals surface area (Å²) in [5.41, 5.74) is -0.987. The van der Waals surface area contributed by atoms with Crippen molar-refractivity contribution in [2.24, 2.45) is 0 Å². The van der Waals surface area contributed by atoms with Gasteiger partial charge >= 0.3 is 5.69 Å². The summed E-state index contributed by atoms with van der Waals surface area (Å²) in [6.07, 6.45) is 0. The minimum atomic E-state index is -0.569. The van der Waals surface area contributed by atoms with Crippen molar-refractivity contribution in [2.45, 2.75) is 24.1 Å². The predicted octanol–water partition coefficient (Wildman–Crippen LogP) is 0.692. The van der Waals surface area contributed by atoms with Gasteiger partial charge in [0, 0.05) is 11.5 Å². The molecule has 0 fully saturated rings. The molecule has 0 spiro atoms. The van der Waals surface area contributed by atoms with E-state index in [1.54, 1.807) is 0 Å². The van der Waals surface area contributed by atoms with Gasteiger partial charge in [0.2, 0.25) is 0 Å². The molecule has 0 radical (unpaired) electrons. The van der Waals surface area contributed by atoms with Crippen molar-refractivity contribution in [1.29, 1.82) is 0 Å². The summed E-state index contributed by atoms with van der Waals surface area (Å²) in [7, 11) is 0. The zero-order valence-corrected chi connectivity index (χ0v) is 10.2. The number of aromatic amines is 2. The maximum absolute atomic E-state index is 11.2. The zero-order valence-electron chi connectivity index (χ0n) is 8.57. The summed E-state index contributed by atoms with van der Waals surface area (Å²) in [4.78, 5) is 24.0. The third-order valence-corrected chi connectivity index (χ3v) is 3.78. The van der Waals surface area contributed by atoms with E-state index < -0.39 is 11.2 Å². The Labute approximate surface area is 95.5 Å². The monoisotopic (exact) mass is 247 g/mol. The molecule has 15 heavy (non-hydrogen) atoms. The molecule has 0 saturated heterocycles. The molecular formula is C8H13N3O2S2. The van der Waals surface area contributed by atoms with Crippen LogP contribution in [0.15, 0.2) is 14.6 Å². The minimum absolute atomic E-state index is 0.318. The van der Waals surface area contributed by atoms with Crippen LogP contribution in [0.4, 0.5) is 0 Å². The van der Waals surface area contributed by atoms with Crippen LogP contribution in [-0.4, -0.2) is 31.9 Å². The number of hydrogen-bond donors (Lipinski definition) is 2. The number of thioether (sulfide) groups is 2. The van der Waals surface area contributed by atoms with Crippen molar-refractivity contribution in [1.82, 2.24) is 15.2 Å². The van der Waals surface area contributed by atoms with Gasteiger partial charge in [-0.2, -0.15) is 16.9 Å². The first-order valence-electron chi connectivity index (χ1n) is 4.53. The summed E-state index contributed by atoms with van der Waals surface area (Å²) in [5, 5.41) is 6.78. The van der Waals surface area contributed by atoms with Crippen molar-refractivity contribution >= 4 is 23.5 Å². The number of H-pyrrole nitrogens is 2. The maximum Gasteiger partial charge on any atom is 0.342 e. The van der Waals surface area contributed by atoms with Gasteiger partial charge in [0.1, 0.15) is 0 Å². The van der Waals surface area contributed by atoms with Crippen molar-refractivity contribution in [3.05, 3.63) is 20.8 Å². The number of aromatic nitrogens is 3. The molecule has 0 atom stereocenters. The second kappa shape index (κ2) is 6.02. The van der Waals surface area contributed by atoms with Crippen LogP contribution in [0.25, 0.3) is 0 Å². The number of hydrogen-bond acceptors (Lipinski definition) is 5. The lowest BCUT2D eigenvalue weighted by Crippen LogP contribution is -2.25. The highest BCUT2D eigenvalue weighted by Crippen LogP contribution is 2.14. The van der Waals surface area contributed by atoms with Crippen molar-refractivity contribution in [3.8, 4) is 0 Å². The summed E-state index contributed by atoms with van der Waals surface area (Å²) < 4.78 is 0. The van der Waals surface area contributed by atoms with Gasteiger partial charge in [-0.3, -0.25) is 9.78 Å². The van der Waals surface area contributed by atoms with E-state index in [-0.39, 0.29) is 0 Å². The number of nitrogens with one attached hydrogen (secondary N) is 2. The maximum atomic E-state index is 11.2. The smallest absolute Gasteiger partial charge is 0.271 e. The summed E-state index contributed by atoms with van der Waals surface area (Å²) in [5.74, 6) is 1.77. The molecule has 1 rings (SSSR count). The van der Waals surface area contributed by atoms with E-state index in [9.17, 15) is 9.59 Å². The lowest BCUT2D eigenvalue weighted by Gasteiger charge is -2.02. The van der Waals surface area contributed by atoms with Gasteiger partial charge in [0.15, 0.2) is 5.03 Å². The first kappa shape index (κ1) is 12.4. The van der Waals surface area contributed by atoms with Gasteiger partial charge in [0.25, 0.3) is 5.56 Å². The van der Waals surface area contributed by atoms with Gasteiger partial charge < -0.3 is 0 Å². The van der Waals surface area contributed by atoms with E-state index in [1.165, 1.54) is 11.8 Å². The molecule has 1 aromatic heterocycles. The number of rotatable bonds is 5. The average Bonchev–Trinajstić information content (AvgIpc) is 2.14. The second-order valence-electron chi connectivity index (χ2n) is 3.08. The van der Waals surface area contributed by atoms with Crippen LogP contribution in [0.1, 0.15) is 13.8 Å². The molecule has 1 aromatic rings. The van der Waals surface area contributed by atoms with E-state index in [0.29, 0.717) is 10.3 Å². The third-order valence-electron chi connectivity index (χ3n) is 1.45. The summed E-state index contributed by atoms with van der Waals surface area (Å²) in [6, 6.07) is 0. The molecule has 0 bridgehead atoms. The Kier molecular flexibility index (Phi) is 4.97. The topological polar surface area (TPSA) is 78.6 Å². The van der Waals surface area contributed by atoms with Crippen molar-refractivity contribution < 1.29 is 0 Å². The fourth-order valence-corrected chi connectivity index (χ4v) is 2.53. The molecular weight excluding hydrogens is 234 g/mol. The molecule has 0 unspecified atom stereocenters. The van der Waals surface area contributed by atoms with Crippen LogP contribution in [0.2, 0.25) is 0 Å². The molecule has 0 amide bonds. The van der Waals surface area contributed by atoms with Crippen LogP contribution in [0, 0.1) is 0 Å². The predicted molar refractivity (Wildman–Crippen MR) is 63.8 cm³/mol. The molecule has 7 heteroatoms. The molecule has 0 aliphatic heterocycles. The van der Waals surface area contributed by atoms with Crippen molar-refractivity contribution in [3.63, 3.8) is 0 Å². The molecule has 5 nitrogen and oxygen atoms in total. The molecule has 0 aliphatic rings. The van der Waals surface area contributed by atoms with E-state index in [0.717, 1.165) is 11.5 Å². The second-order valence-corrected chi connectivity index (χ2v) is 5.85. The Morgan fingerprint density at radius 1 is 1.33 bits per heavy atom. The molecule has 0 saturated carbocycles. The van der Waals surface area contributed by atoms with Crippen LogP contribution in [-0.2, 0) is 0 Å². The van der Waals surface area contributed by atoms with Crippen LogP contribution < -0.4 is 11.2 Å². The third kappa shape index (κ3) is 4.57. The van der Waals surface area contributed by atoms with Gasteiger partial charge in [-0.05, 0) is 5.25 Å². The lowest BCUT2D eigenvalue weighted by atomic mass is 10.6. The van der Waals surface area contributed by atoms with Gasteiger partial charge in [-0.25, -0.2) is 9.89 Å². The van der Waals surface area contributed by atoms with Crippen LogP contribution in [0.3, 0.4) is 0 Å². The standard InChI is InChI=1S/C8H13N3O2S2/c1-5(2)14-3-4-15-7-6(12)9-8(13)11-10-7/h5H,3-4H2,1-2H3,(H2,9,11,12,13).